The van der Waals surface area contributed by atoms with E-state index in [9.17, 15) is 4.79 Å². The van der Waals surface area contributed by atoms with E-state index in [1.54, 1.807) is 19.1 Å². The number of hydrogen-bond acceptors (Lipinski definition) is 2. The van der Waals surface area contributed by atoms with E-state index >= 15 is 0 Å². The molecular formula is C13H18N2O2. The minimum Gasteiger partial charge on any atom is -0.497 e. The van der Waals surface area contributed by atoms with Crippen LogP contribution < -0.4 is 10.1 Å². The Bertz CT molecular complexity index is 420. The van der Waals surface area contributed by atoms with Gasteiger partial charge in [-0.3, -0.25) is 0 Å². The maximum absolute atomic E-state index is 11.5. The van der Waals surface area contributed by atoms with Gasteiger partial charge in [0, 0.05) is 26.1 Å². The van der Waals surface area contributed by atoms with Crippen LogP contribution in [0.2, 0.25) is 0 Å². The second-order valence-electron chi connectivity index (χ2n) is 4.35. The third kappa shape index (κ3) is 2.35. The van der Waals surface area contributed by atoms with Crippen LogP contribution in [0.4, 0.5) is 4.79 Å². The lowest BCUT2D eigenvalue weighted by Crippen LogP contribution is -2.36. The number of nitrogens with one attached hydrogen (secondary N) is 1. The molecule has 0 radical (unpaired) electrons. The zero-order valence-corrected chi connectivity index (χ0v) is 10.4. The van der Waals surface area contributed by atoms with Crippen molar-refractivity contribution in [3.05, 3.63) is 29.8 Å². The van der Waals surface area contributed by atoms with Crippen molar-refractivity contribution < 1.29 is 9.53 Å². The van der Waals surface area contributed by atoms with Crippen molar-refractivity contribution in [2.24, 2.45) is 0 Å². The average Bonchev–Trinajstić information content (AvgIpc) is 3.17. The molecule has 1 saturated carbocycles. The number of rotatable bonds is 3. The normalized spacial score (nSPS) is 21.8. The van der Waals surface area contributed by atoms with Crippen molar-refractivity contribution in [1.82, 2.24) is 10.2 Å². The van der Waals surface area contributed by atoms with Crippen LogP contribution in [-0.4, -0.2) is 38.2 Å². The minimum atomic E-state index is -0.0274. The summed E-state index contributed by atoms with van der Waals surface area (Å²) in [6.45, 7) is 0. The summed E-state index contributed by atoms with van der Waals surface area (Å²) in [5, 5.41) is 2.64. The van der Waals surface area contributed by atoms with Crippen molar-refractivity contribution in [3.8, 4) is 5.75 Å². The molecule has 2 unspecified atom stereocenters. The summed E-state index contributed by atoms with van der Waals surface area (Å²) in [6.07, 6.45) is 1.02. The van der Waals surface area contributed by atoms with Crippen LogP contribution in [0.15, 0.2) is 24.3 Å². The quantitative estimate of drug-likeness (QED) is 0.866. The van der Waals surface area contributed by atoms with E-state index < -0.39 is 0 Å². The summed E-state index contributed by atoms with van der Waals surface area (Å²) in [6, 6.07) is 8.34. The molecule has 1 aromatic rings. The van der Waals surface area contributed by atoms with Gasteiger partial charge in [0.25, 0.3) is 0 Å². The Labute approximate surface area is 102 Å². The number of amides is 2. The van der Waals surface area contributed by atoms with Crippen molar-refractivity contribution in [1.29, 1.82) is 0 Å². The molecule has 0 heterocycles. The van der Waals surface area contributed by atoms with Crippen LogP contribution in [-0.2, 0) is 0 Å². The summed E-state index contributed by atoms with van der Waals surface area (Å²) in [5.74, 6) is 1.31. The van der Waals surface area contributed by atoms with E-state index in [0.717, 1.165) is 12.2 Å². The van der Waals surface area contributed by atoms with Gasteiger partial charge in [0.15, 0.2) is 0 Å². The Hall–Kier alpha value is -1.71. The Morgan fingerprint density at radius 3 is 2.94 bits per heavy atom. The zero-order valence-electron chi connectivity index (χ0n) is 10.4. The third-order valence-corrected chi connectivity index (χ3v) is 3.31. The molecular weight excluding hydrogens is 216 g/mol. The number of ether oxygens (including phenoxy) is 1. The summed E-state index contributed by atoms with van der Waals surface area (Å²) >= 11 is 0. The van der Waals surface area contributed by atoms with Gasteiger partial charge >= 0.3 is 6.03 Å². The molecule has 1 aliphatic carbocycles. The fraction of sp³-hybridized carbons (Fsp3) is 0.462. The maximum Gasteiger partial charge on any atom is 0.317 e. The van der Waals surface area contributed by atoms with Gasteiger partial charge in [-0.2, -0.15) is 0 Å². The molecule has 2 atom stereocenters. The summed E-state index contributed by atoms with van der Waals surface area (Å²) in [4.78, 5) is 13.3. The van der Waals surface area contributed by atoms with Gasteiger partial charge < -0.3 is 15.0 Å². The molecule has 1 N–H and O–H groups in total. The lowest BCUT2D eigenvalue weighted by Gasteiger charge is -2.16. The lowest BCUT2D eigenvalue weighted by atomic mass is 10.1. The van der Waals surface area contributed by atoms with Crippen molar-refractivity contribution in [2.45, 2.75) is 18.4 Å². The van der Waals surface area contributed by atoms with Crippen LogP contribution in [0.25, 0.3) is 0 Å². The lowest BCUT2D eigenvalue weighted by molar-refractivity contribution is 0.208. The Kier molecular flexibility index (Phi) is 3.22. The predicted octanol–water partition coefficient (Wildman–Crippen LogP) is 1.82. The number of carbonyl (C=O) groups excluding carboxylic acids is 1. The smallest absolute Gasteiger partial charge is 0.317 e. The molecule has 1 aliphatic rings. The molecule has 0 saturated heterocycles. The van der Waals surface area contributed by atoms with Crippen LogP contribution in [0.5, 0.6) is 5.75 Å². The zero-order chi connectivity index (χ0) is 12.4. The highest BCUT2D eigenvalue weighted by molar-refractivity contribution is 5.74. The number of urea groups is 1. The Balaban J connectivity index is 2.04. The van der Waals surface area contributed by atoms with Gasteiger partial charge in [0.2, 0.25) is 0 Å². The maximum atomic E-state index is 11.5. The first kappa shape index (κ1) is 11.8. The molecule has 0 aromatic heterocycles. The first-order valence-corrected chi connectivity index (χ1v) is 5.76. The fourth-order valence-electron chi connectivity index (χ4n) is 2.17. The fourth-order valence-corrected chi connectivity index (χ4v) is 2.17. The highest BCUT2D eigenvalue weighted by Gasteiger charge is 2.43. The Morgan fingerprint density at radius 2 is 2.29 bits per heavy atom. The van der Waals surface area contributed by atoms with Crippen LogP contribution in [0.1, 0.15) is 17.9 Å². The van der Waals surface area contributed by atoms with Gasteiger partial charge in [-0.25, -0.2) is 4.79 Å². The highest BCUT2D eigenvalue weighted by Crippen LogP contribution is 2.44. The summed E-state index contributed by atoms with van der Waals surface area (Å²) in [5.41, 5.74) is 1.24. The average molecular weight is 234 g/mol. The van der Waals surface area contributed by atoms with Gasteiger partial charge in [-0.05, 0) is 24.1 Å². The number of hydrogen-bond donors (Lipinski definition) is 1. The summed E-state index contributed by atoms with van der Waals surface area (Å²) in [7, 11) is 5.16. The molecule has 17 heavy (non-hydrogen) atoms. The second kappa shape index (κ2) is 4.65. The van der Waals surface area contributed by atoms with Gasteiger partial charge in [0.1, 0.15) is 5.75 Å². The van der Waals surface area contributed by atoms with Crippen molar-refractivity contribution in [3.63, 3.8) is 0 Å². The van der Waals surface area contributed by atoms with E-state index in [-0.39, 0.29) is 6.03 Å². The first-order chi connectivity index (χ1) is 8.17. The van der Waals surface area contributed by atoms with E-state index in [1.807, 2.05) is 25.2 Å². The minimum absolute atomic E-state index is 0.0274. The number of carbonyl (C=O) groups is 1. The van der Waals surface area contributed by atoms with E-state index in [4.69, 9.17) is 4.74 Å². The summed E-state index contributed by atoms with van der Waals surface area (Å²) < 4.78 is 5.20. The molecule has 0 bridgehead atoms. The predicted molar refractivity (Wildman–Crippen MR) is 66.4 cm³/mol. The molecule has 4 nitrogen and oxygen atoms in total. The number of likely N-dealkylation sites (N-methyl/N-ethyl adjacent to an activating group) is 1. The monoisotopic (exact) mass is 234 g/mol. The number of nitrogens with zero attached hydrogens (tertiary/aromatic N) is 1. The van der Waals surface area contributed by atoms with Gasteiger partial charge in [0.05, 0.1) is 7.11 Å². The molecule has 0 spiro atoms. The standard InChI is InChI=1S/C13H18N2O2/c1-14-13(16)15(2)12-8-11(12)9-5-4-6-10(7-9)17-3/h4-7,11-12H,8H2,1-3H3,(H,14,16). The molecule has 0 aliphatic heterocycles. The largest absolute Gasteiger partial charge is 0.497 e. The van der Waals surface area contributed by atoms with E-state index in [2.05, 4.69) is 11.4 Å². The van der Waals surface area contributed by atoms with Crippen molar-refractivity contribution >= 4 is 6.03 Å². The molecule has 4 heteroatoms. The number of benzene rings is 1. The third-order valence-electron chi connectivity index (χ3n) is 3.31. The Morgan fingerprint density at radius 1 is 1.53 bits per heavy atom. The number of methoxy groups -OCH3 is 1. The molecule has 2 rings (SSSR count). The van der Waals surface area contributed by atoms with Crippen molar-refractivity contribution in [2.75, 3.05) is 21.2 Å². The molecule has 1 fully saturated rings. The molecule has 1 aromatic carbocycles. The van der Waals surface area contributed by atoms with Gasteiger partial charge in [-0.15, -0.1) is 0 Å². The van der Waals surface area contributed by atoms with Crippen LogP contribution in [0.3, 0.4) is 0 Å². The van der Waals surface area contributed by atoms with Crippen LogP contribution in [0, 0.1) is 0 Å². The SMILES string of the molecule is CNC(=O)N(C)C1CC1c1cccc(OC)c1. The van der Waals surface area contributed by atoms with E-state index in [1.165, 1.54) is 5.56 Å². The van der Waals surface area contributed by atoms with Crippen LogP contribution >= 0.6 is 0 Å². The van der Waals surface area contributed by atoms with E-state index in [0.29, 0.717) is 12.0 Å². The highest BCUT2D eigenvalue weighted by atomic mass is 16.5. The topological polar surface area (TPSA) is 41.6 Å². The second-order valence-corrected chi connectivity index (χ2v) is 4.35. The first-order valence-electron chi connectivity index (χ1n) is 5.76. The molecule has 2 amide bonds. The molecule has 92 valence electrons. The van der Waals surface area contributed by atoms with Gasteiger partial charge in [-0.1, -0.05) is 12.1 Å².